The molecule has 0 spiro atoms. The number of oxazole rings is 1. The average molecular weight is 235 g/mol. The van der Waals surface area contributed by atoms with Gasteiger partial charge < -0.3 is 4.42 Å². The molecule has 0 aliphatic rings. The second kappa shape index (κ2) is 4.49. The third-order valence-electron chi connectivity index (χ3n) is 2.77. The van der Waals surface area contributed by atoms with E-state index in [2.05, 4.69) is 30.1 Å². The lowest BCUT2D eigenvalue weighted by atomic mass is 10.1. The monoisotopic (exact) mass is 235 g/mol. The predicted octanol–water partition coefficient (Wildman–Crippen LogP) is 4.31. The van der Waals surface area contributed by atoms with Crippen LogP contribution in [0.3, 0.4) is 0 Å². The van der Waals surface area contributed by atoms with Crippen molar-refractivity contribution in [2.24, 2.45) is 0 Å². The second-order valence-corrected chi connectivity index (χ2v) is 4.27. The number of fused-ring (bicyclic) bond motifs is 1. The fourth-order valence-corrected chi connectivity index (χ4v) is 1.90. The molecule has 0 unspecified atom stereocenters. The number of nitrogens with zero attached hydrogens (tertiary/aromatic N) is 1. The molecule has 0 saturated heterocycles. The van der Waals surface area contributed by atoms with Gasteiger partial charge in [-0.05, 0) is 30.7 Å². The van der Waals surface area contributed by atoms with Crippen LogP contribution in [0.1, 0.15) is 17.0 Å². The molecule has 0 amide bonds. The lowest BCUT2D eigenvalue weighted by molar-refractivity contribution is 0.590. The van der Waals surface area contributed by atoms with Crippen molar-refractivity contribution >= 4 is 23.3 Å². The van der Waals surface area contributed by atoms with Gasteiger partial charge >= 0.3 is 0 Å². The van der Waals surface area contributed by atoms with Gasteiger partial charge in [-0.15, -0.1) is 0 Å². The molecule has 0 aliphatic heterocycles. The van der Waals surface area contributed by atoms with E-state index in [9.17, 15) is 0 Å². The fraction of sp³-hybridized carbons (Fsp3) is 0.0625. The molecule has 1 heterocycles. The van der Waals surface area contributed by atoms with Crippen molar-refractivity contribution < 1.29 is 4.42 Å². The normalized spacial score (nSPS) is 11.4. The number of hydrogen-bond donors (Lipinski definition) is 0. The minimum Gasteiger partial charge on any atom is -0.437 e. The van der Waals surface area contributed by atoms with E-state index < -0.39 is 0 Å². The Morgan fingerprint density at radius 2 is 1.89 bits per heavy atom. The summed E-state index contributed by atoms with van der Waals surface area (Å²) in [6, 6.07) is 16.1. The highest BCUT2D eigenvalue weighted by molar-refractivity contribution is 5.75. The summed E-state index contributed by atoms with van der Waals surface area (Å²) >= 11 is 0. The van der Waals surface area contributed by atoms with Crippen LogP contribution in [0.4, 0.5) is 0 Å². The number of para-hydroxylation sites is 2. The maximum atomic E-state index is 5.62. The van der Waals surface area contributed by atoms with Crippen LogP contribution in [0.15, 0.2) is 52.9 Å². The highest BCUT2D eigenvalue weighted by Gasteiger charge is 2.00. The highest BCUT2D eigenvalue weighted by Crippen LogP contribution is 2.16. The third-order valence-corrected chi connectivity index (χ3v) is 2.77. The summed E-state index contributed by atoms with van der Waals surface area (Å²) in [5.74, 6) is 0.637. The Hall–Kier alpha value is -2.35. The van der Waals surface area contributed by atoms with Crippen molar-refractivity contribution in [1.82, 2.24) is 4.98 Å². The number of hydrogen-bond acceptors (Lipinski definition) is 2. The molecule has 0 radical (unpaired) electrons. The number of benzene rings is 2. The predicted molar refractivity (Wildman–Crippen MR) is 74.1 cm³/mol. The SMILES string of the molecule is Cc1cccc(/C=C/c2nc3ccccc3o2)c1. The summed E-state index contributed by atoms with van der Waals surface area (Å²) in [7, 11) is 0. The Balaban J connectivity index is 1.92. The molecule has 1 aromatic heterocycles. The van der Waals surface area contributed by atoms with Crippen LogP contribution in [0.25, 0.3) is 23.3 Å². The summed E-state index contributed by atoms with van der Waals surface area (Å²) in [4.78, 5) is 4.40. The molecular weight excluding hydrogens is 222 g/mol. The molecule has 3 rings (SSSR count). The Morgan fingerprint density at radius 1 is 1.00 bits per heavy atom. The average Bonchev–Trinajstić information content (AvgIpc) is 2.79. The largest absolute Gasteiger partial charge is 0.437 e. The van der Waals surface area contributed by atoms with Crippen molar-refractivity contribution in [2.45, 2.75) is 6.92 Å². The van der Waals surface area contributed by atoms with E-state index in [-0.39, 0.29) is 0 Å². The zero-order valence-electron chi connectivity index (χ0n) is 10.1. The van der Waals surface area contributed by atoms with Gasteiger partial charge in [0.15, 0.2) is 5.58 Å². The van der Waals surface area contributed by atoms with Gasteiger partial charge in [-0.25, -0.2) is 4.98 Å². The van der Waals surface area contributed by atoms with Gasteiger partial charge in [-0.3, -0.25) is 0 Å². The van der Waals surface area contributed by atoms with E-state index in [0.29, 0.717) is 5.89 Å². The van der Waals surface area contributed by atoms with Crippen molar-refractivity contribution in [3.63, 3.8) is 0 Å². The maximum Gasteiger partial charge on any atom is 0.220 e. The minimum atomic E-state index is 0.637. The molecule has 0 N–H and O–H groups in total. The fourth-order valence-electron chi connectivity index (χ4n) is 1.90. The van der Waals surface area contributed by atoms with Crippen LogP contribution in [-0.4, -0.2) is 4.98 Å². The number of rotatable bonds is 2. The summed E-state index contributed by atoms with van der Waals surface area (Å²) in [6.07, 6.45) is 3.91. The Kier molecular flexibility index (Phi) is 2.69. The van der Waals surface area contributed by atoms with E-state index >= 15 is 0 Å². The van der Waals surface area contributed by atoms with Gasteiger partial charge in [0.05, 0.1) is 0 Å². The van der Waals surface area contributed by atoms with Crippen LogP contribution < -0.4 is 0 Å². The Morgan fingerprint density at radius 3 is 2.72 bits per heavy atom. The molecule has 0 aliphatic carbocycles. The van der Waals surface area contributed by atoms with E-state index in [1.54, 1.807) is 0 Å². The van der Waals surface area contributed by atoms with Crippen molar-refractivity contribution in [3.8, 4) is 0 Å². The molecule has 3 aromatic rings. The zero-order valence-corrected chi connectivity index (χ0v) is 10.1. The first-order chi connectivity index (χ1) is 8.81. The highest BCUT2D eigenvalue weighted by atomic mass is 16.3. The van der Waals surface area contributed by atoms with E-state index in [0.717, 1.165) is 16.7 Å². The Bertz CT molecular complexity index is 677. The molecule has 2 aromatic carbocycles. The van der Waals surface area contributed by atoms with Crippen LogP contribution in [0.5, 0.6) is 0 Å². The standard InChI is InChI=1S/C16H13NO/c1-12-5-4-6-13(11-12)9-10-16-17-14-7-2-3-8-15(14)18-16/h2-11H,1H3/b10-9+. The molecule has 88 valence electrons. The first-order valence-corrected chi connectivity index (χ1v) is 5.91. The van der Waals surface area contributed by atoms with Crippen LogP contribution in [0.2, 0.25) is 0 Å². The third kappa shape index (κ3) is 2.18. The van der Waals surface area contributed by atoms with Gasteiger partial charge in [0.1, 0.15) is 5.52 Å². The van der Waals surface area contributed by atoms with Gasteiger partial charge in [-0.2, -0.15) is 0 Å². The summed E-state index contributed by atoms with van der Waals surface area (Å²) in [5, 5.41) is 0. The van der Waals surface area contributed by atoms with E-state index in [4.69, 9.17) is 4.42 Å². The molecule has 0 fully saturated rings. The van der Waals surface area contributed by atoms with Gasteiger partial charge in [0.2, 0.25) is 5.89 Å². The summed E-state index contributed by atoms with van der Waals surface area (Å²) in [6.45, 7) is 2.08. The molecule has 18 heavy (non-hydrogen) atoms. The number of aryl methyl sites for hydroxylation is 1. The Labute approximate surface area is 106 Å². The molecule has 0 bridgehead atoms. The maximum absolute atomic E-state index is 5.62. The van der Waals surface area contributed by atoms with Crippen LogP contribution >= 0.6 is 0 Å². The first-order valence-electron chi connectivity index (χ1n) is 5.91. The molecule has 0 atom stereocenters. The smallest absolute Gasteiger partial charge is 0.220 e. The summed E-state index contributed by atoms with van der Waals surface area (Å²) < 4.78 is 5.62. The summed E-state index contributed by atoms with van der Waals surface area (Å²) in [5.41, 5.74) is 4.11. The van der Waals surface area contributed by atoms with Gasteiger partial charge in [0, 0.05) is 6.08 Å². The van der Waals surface area contributed by atoms with Crippen LogP contribution in [-0.2, 0) is 0 Å². The topological polar surface area (TPSA) is 26.0 Å². The van der Waals surface area contributed by atoms with Crippen molar-refractivity contribution in [1.29, 1.82) is 0 Å². The zero-order chi connectivity index (χ0) is 12.4. The van der Waals surface area contributed by atoms with E-state index in [1.165, 1.54) is 5.56 Å². The van der Waals surface area contributed by atoms with Crippen molar-refractivity contribution in [2.75, 3.05) is 0 Å². The van der Waals surface area contributed by atoms with Gasteiger partial charge in [0.25, 0.3) is 0 Å². The molecule has 0 saturated carbocycles. The first kappa shape index (κ1) is 10.8. The van der Waals surface area contributed by atoms with E-state index in [1.807, 2.05) is 42.5 Å². The van der Waals surface area contributed by atoms with Gasteiger partial charge in [-0.1, -0.05) is 42.0 Å². The second-order valence-electron chi connectivity index (χ2n) is 4.27. The number of aromatic nitrogens is 1. The molecule has 2 nitrogen and oxygen atoms in total. The molecule has 2 heteroatoms. The quantitative estimate of drug-likeness (QED) is 0.661. The lowest BCUT2D eigenvalue weighted by Gasteiger charge is -1.94. The molecular formula is C16H13NO. The van der Waals surface area contributed by atoms with Crippen LogP contribution in [0, 0.1) is 6.92 Å². The minimum absolute atomic E-state index is 0.637. The van der Waals surface area contributed by atoms with Crippen molar-refractivity contribution in [3.05, 3.63) is 65.5 Å². The lowest BCUT2D eigenvalue weighted by Crippen LogP contribution is -1.75.